The van der Waals surface area contributed by atoms with Crippen molar-refractivity contribution in [2.45, 2.75) is 4.90 Å². The van der Waals surface area contributed by atoms with Crippen molar-refractivity contribution in [1.82, 2.24) is 5.32 Å². The lowest BCUT2D eigenvalue weighted by molar-refractivity contribution is -0.115. The molecule has 8 nitrogen and oxygen atoms in total. The minimum absolute atomic E-state index is 0.0402. The molecule has 0 saturated carbocycles. The normalized spacial score (nSPS) is 16.4. The van der Waals surface area contributed by atoms with Gasteiger partial charge in [-0.05, 0) is 54.2 Å². The smallest absolute Gasteiger partial charge is 0.257 e. The first kappa shape index (κ1) is 19.7. The fourth-order valence-corrected chi connectivity index (χ4v) is 5.29. The van der Waals surface area contributed by atoms with Crippen LogP contribution in [0.3, 0.4) is 0 Å². The molecule has 2 aromatic carbocycles. The first-order valence-corrected chi connectivity index (χ1v) is 11.4. The van der Waals surface area contributed by atoms with Crippen molar-refractivity contribution in [3.05, 3.63) is 53.1 Å². The van der Waals surface area contributed by atoms with E-state index < -0.39 is 15.9 Å². The van der Waals surface area contributed by atoms with Gasteiger partial charge in [0.15, 0.2) is 5.17 Å². The Labute approximate surface area is 176 Å². The molecule has 150 valence electrons. The number of carbonyl (C=O) groups excluding carboxylic acids is 2. The first-order valence-electron chi connectivity index (χ1n) is 8.56. The number of sulfonamides is 1. The lowest BCUT2D eigenvalue weighted by atomic mass is 10.2. The number of hydrogen-bond donors (Lipinski definition) is 2. The molecule has 0 saturated heterocycles. The maximum Gasteiger partial charge on any atom is 0.257 e. The number of fused-ring (bicyclic) bond motifs is 3. The van der Waals surface area contributed by atoms with Crippen LogP contribution < -0.4 is 15.5 Å². The van der Waals surface area contributed by atoms with Gasteiger partial charge in [-0.1, -0.05) is 11.6 Å². The molecule has 2 aromatic rings. The van der Waals surface area contributed by atoms with Crippen LogP contribution in [0.4, 0.5) is 11.4 Å². The van der Waals surface area contributed by atoms with Crippen LogP contribution in [0.25, 0.3) is 0 Å². The van der Waals surface area contributed by atoms with Gasteiger partial charge in [-0.15, -0.1) is 4.40 Å². The minimum Gasteiger partial charge on any atom is -0.343 e. The molecule has 0 bridgehead atoms. The molecule has 11 heteroatoms. The van der Waals surface area contributed by atoms with Crippen LogP contribution in [-0.4, -0.2) is 44.2 Å². The van der Waals surface area contributed by atoms with Crippen molar-refractivity contribution in [1.29, 1.82) is 0 Å². The van der Waals surface area contributed by atoms with E-state index in [1.54, 1.807) is 42.5 Å². The Morgan fingerprint density at radius 2 is 1.93 bits per heavy atom. The average Bonchev–Trinajstić information content (AvgIpc) is 3.03. The highest BCUT2D eigenvalue weighted by atomic mass is 35.5. The summed E-state index contributed by atoms with van der Waals surface area (Å²) < 4.78 is 27.1. The highest BCUT2D eigenvalue weighted by Gasteiger charge is 2.33. The standard InChI is InChI=1S/C18H15ClN4O4S2/c19-12-2-4-13(5-3-12)21-16(24)10-20-17(25)11-1-6-14-15(9-11)28-18-22-29(26,27)8-7-23(14)18/h1-6,9H,7-8,10H2,(H,20,25)(H,21,24). The fraction of sp³-hybridized carbons (Fsp3) is 0.167. The van der Waals surface area contributed by atoms with Crippen LogP contribution in [0.1, 0.15) is 10.4 Å². The van der Waals surface area contributed by atoms with Crippen molar-refractivity contribution in [3.8, 4) is 0 Å². The van der Waals surface area contributed by atoms with E-state index in [-0.39, 0.29) is 18.2 Å². The summed E-state index contributed by atoms with van der Waals surface area (Å²) in [5, 5.41) is 6.19. The number of anilines is 2. The molecule has 0 unspecified atom stereocenters. The summed E-state index contributed by atoms with van der Waals surface area (Å²) in [6, 6.07) is 11.7. The van der Waals surface area contributed by atoms with Crippen LogP contribution in [0.15, 0.2) is 51.8 Å². The molecular weight excluding hydrogens is 436 g/mol. The lowest BCUT2D eigenvalue weighted by Crippen LogP contribution is -2.35. The number of carbonyl (C=O) groups is 2. The maximum absolute atomic E-state index is 12.4. The molecule has 2 aliphatic heterocycles. The van der Waals surface area contributed by atoms with Gasteiger partial charge in [0.05, 0.1) is 18.0 Å². The van der Waals surface area contributed by atoms with Gasteiger partial charge >= 0.3 is 0 Å². The van der Waals surface area contributed by atoms with E-state index in [1.165, 1.54) is 11.8 Å². The Bertz CT molecular complexity index is 1130. The molecule has 0 fully saturated rings. The summed E-state index contributed by atoms with van der Waals surface area (Å²) in [5.41, 5.74) is 1.77. The minimum atomic E-state index is -3.43. The monoisotopic (exact) mass is 450 g/mol. The molecule has 29 heavy (non-hydrogen) atoms. The number of rotatable bonds is 4. The van der Waals surface area contributed by atoms with E-state index in [0.29, 0.717) is 28.0 Å². The summed E-state index contributed by atoms with van der Waals surface area (Å²) in [6.45, 7) is 0.139. The zero-order chi connectivity index (χ0) is 20.6. The zero-order valence-corrected chi connectivity index (χ0v) is 17.3. The number of benzene rings is 2. The molecule has 2 N–H and O–H groups in total. The van der Waals surface area contributed by atoms with Gasteiger partial charge in [-0.25, -0.2) is 8.42 Å². The molecule has 0 aliphatic carbocycles. The van der Waals surface area contributed by atoms with E-state index >= 15 is 0 Å². The lowest BCUT2D eigenvalue weighted by Gasteiger charge is -2.22. The second kappa shape index (κ2) is 7.69. The van der Waals surface area contributed by atoms with E-state index in [2.05, 4.69) is 15.0 Å². The Balaban J connectivity index is 1.39. The van der Waals surface area contributed by atoms with Crippen LogP contribution in [-0.2, 0) is 14.8 Å². The summed E-state index contributed by atoms with van der Waals surface area (Å²) in [6.07, 6.45) is 0. The number of nitrogens with zero attached hydrogens (tertiary/aromatic N) is 2. The Kier molecular flexibility index (Phi) is 5.24. The van der Waals surface area contributed by atoms with Gasteiger partial charge in [0.1, 0.15) is 0 Å². The van der Waals surface area contributed by atoms with Crippen LogP contribution >= 0.6 is 23.4 Å². The van der Waals surface area contributed by atoms with Crippen LogP contribution in [0, 0.1) is 0 Å². The molecule has 2 amide bonds. The van der Waals surface area contributed by atoms with Gasteiger partial charge in [-0.2, -0.15) is 0 Å². The van der Waals surface area contributed by atoms with E-state index in [9.17, 15) is 18.0 Å². The van der Waals surface area contributed by atoms with E-state index in [0.717, 1.165) is 10.6 Å². The van der Waals surface area contributed by atoms with Crippen molar-refractivity contribution in [3.63, 3.8) is 0 Å². The third kappa shape index (κ3) is 4.39. The fourth-order valence-electron chi connectivity index (χ4n) is 2.87. The molecule has 0 aromatic heterocycles. The second-order valence-electron chi connectivity index (χ2n) is 6.33. The Morgan fingerprint density at radius 3 is 2.69 bits per heavy atom. The van der Waals surface area contributed by atoms with E-state index in [1.807, 2.05) is 4.90 Å². The largest absolute Gasteiger partial charge is 0.343 e. The second-order valence-corrected chi connectivity index (χ2v) is 9.53. The highest BCUT2D eigenvalue weighted by Crippen LogP contribution is 2.42. The van der Waals surface area contributed by atoms with Crippen LogP contribution in [0.2, 0.25) is 5.02 Å². The molecule has 2 aliphatic rings. The number of halogens is 1. The quantitative estimate of drug-likeness (QED) is 0.740. The Hall–Kier alpha value is -2.56. The zero-order valence-electron chi connectivity index (χ0n) is 14.9. The van der Waals surface area contributed by atoms with Gasteiger partial charge < -0.3 is 15.5 Å². The average molecular weight is 451 g/mol. The van der Waals surface area contributed by atoms with Gasteiger partial charge in [0.2, 0.25) is 5.91 Å². The molecule has 0 spiro atoms. The maximum atomic E-state index is 12.4. The topological polar surface area (TPSA) is 108 Å². The first-order chi connectivity index (χ1) is 13.8. The van der Waals surface area contributed by atoms with E-state index in [4.69, 9.17) is 11.6 Å². The van der Waals surface area contributed by atoms with Crippen molar-refractivity contribution in [2.75, 3.05) is 29.1 Å². The Morgan fingerprint density at radius 1 is 1.17 bits per heavy atom. The number of amidine groups is 1. The predicted molar refractivity (Wildman–Crippen MR) is 113 cm³/mol. The molecule has 0 radical (unpaired) electrons. The number of hydrogen-bond acceptors (Lipinski definition) is 6. The number of amides is 2. The summed E-state index contributed by atoms with van der Waals surface area (Å²) in [4.78, 5) is 27.0. The SMILES string of the molecule is O=C(CNC(=O)c1ccc2c(c1)SC1=NS(=O)(=O)CCN12)Nc1ccc(Cl)cc1. The predicted octanol–water partition coefficient (Wildman–Crippen LogP) is 2.32. The van der Waals surface area contributed by atoms with Crippen molar-refractivity contribution < 1.29 is 18.0 Å². The number of thioether (sulfide) groups is 1. The molecular formula is C18H15ClN4O4S2. The third-order valence-electron chi connectivity index (χ3n) is 4.27. The molecule has 2 heterocycles. The van der Waals surface area contributed by atoms with Crippen LogP contribution in [0.5, 0.6) is 0 Å². The summed E-state index contributed by atoms with van der Waals surface area (Å²) in [5.74, 6) is -0.812. The van der Waals surface area contributed by atoms with Crippen molar-refractivity contribution >= 4 is 61.7 Å². The molecule has 0 atom stereocenters. The van der Waals surface area contributed by atoms with Crippen molar-refractivity contribution in [2.24, 2.45) is 4.40 Å². The summed E-state index contributed by atoms with van der Waals surface area (Å²) >= 11 is 7.01. The highest BCUT2D eigenvalue weighted by molar-refractivity contribution is 8.15. The van der Waals surface area contributed by atoms with Gasteiger partial charge in [0.25, 0.3) is 15.9 Å². The van der Waals surface area contributed by atoms with Gasteiger partial charge in [-0.3, -0.25) is 9.59 Å². The summed E-state index contributed by atoms with van der Waals surface area (Å²) in [7, 11) is -3.43. The van der Waals surface area contributed by atoms with Gasteiger partial charge in [0, 0.05) is 27.7 Å². The molecule has 4 rings (SSSR count). The third-order valence-corrected chi connectivity index (χ3v) is 6.83. The number of nitrogens with one attached hydrogen (secondary N) is 2.